The third-order valence-electron chi connectivity index (χ3n) is 3.98. The lowest BCUT2D eigenvalue weighted by atomic mass is 10.2. The number of amides is 1. The minimum atomic E-state index is -0.559. The number of methoxy groups -OCH3 is 1. The molecule has 140 valence electrons. The Hall–Kier alpha value is -3.65. The molecule has 4 rings (SSSR count). The Kier molecular flexibility index (Phi) is 4.54. The van der Waals surface area contributed by atoms with E-state index in [1.54, 1.807) is 55.6 Å². The molecular weight excluding hydrogens is 384 g/mol. The monoisotopic (exact) mass is 396 g/mol. The molecule has 1 amide bonds. The second-order valence-electron chi connectivity index (χ2n) is 5.77. The molecule has 9 heteroatoms. The number of nitrogens with one attached hydrogen (secondary N) is 1. The van der Waals surface area contributed by atoms with Gasteiger partial charge in [0.25, 0.3) is 5.91 Å². The first-order chi connectivity index (χ1) is 13.5. The van der Waals surface area contributed by atoms with E-state index in [0.717, 1.165) is 4.52 Å². The first-order valence-corrected chi connectivity index (χ1v) is 8.53. The summed E-state index contributed by atoms with van der Waals surface area (Å²) in [4.78, 5) is 29.0. The molecule has 2 aromatic carbocycles. The molecule has 0 aliphatic carbocycles. The van der Waals surface area contributed by atoms with Gasteiger partial charge in [-0.3, -0.25) is 9.59 Å². The van der Waals surface area contributed by atoms with Crippen LogP contribution in [0.4, 0.5) is 5.69 Å². The number of rotatable bonds is 4. The molecule has 0 saturated heterocycles. The molecule has 0 spiro atoms. The van der Waals surface area contributed by atoms with Crippen LogP contribution in [-0.2, 0) is 0 Å². The summed E-state index contributed by atoms with van der Waals surface area (Å²) in [6.45, 7) is 0. The number of fused-ring (bicyclic) bond motifs is 1. The zero-order valence-corrected chi connectivity index (χ0v) is 15.3. The number of anilines is 1. The molecule has 0 aliphatic heterocycles. The van der Waals surface area contributed by atoms with Gasteiger partial charge in [-0.2, -0.15) is 0 Å². The van der Waals surface area contributed by atoms with Crippen LogP contribution >= 0.6 is 11.6 Å². The molecule has 0 unspecified atom stereocenters. The number of ether oxygens (including phenoxy) is 1. The van der Waals surface area contributed by atoms with Gasteiger partial charge in [0.2, 0.25) is 5.89 Å². The highest BCUT2D eigenvalue weighted by molar-refractivity contribution is 6.30. The molecule has 0 saturated carbocycles. The molecule has 2 aromatic heterocycles. The van der Waals surface area contributed by atoms with Crippen molar-refractivity contribution in [1.82, 2.24) is 14.6 Å². The van der Waals surface area contributed by atoms with Gasteiger partial charge >= 0.3 is 11.4 Å². The maximum atomic E-state index is 12.6. The fourth-order valence-corrected chi connectivity index (χ4v) is 2.64. The van der Waals surface area contributed by atoms with Crippen LogP contribution in [0.15, 0.2) is 63.9 Å². The van der Waals surface area contributed by atoms with Gasteiger partial charge in [-0.25, -0.2) is 4.98 Å². The van der Waals surface area contributed by atoms with Gasteiger partial charge in [-0.1, -0.05) is 11.6 Å². The maximum Gasteiger partial charge on any atom is 0.328 e. The Bertz CT molecular complexity index is 1210. The van der Waals surface area contributed by atoms with Crippen LogP contribution in [0, 0.1) is 0 Å². The zero-order chi connectivity index (χ0) is 19.7. The van der Waals surface area contributed by atoms with Crippen molar-refractivity contribution in [3.05, 3.63) is 75.7 Å². The minimum Gasteiger partial charge on any atom is -0.497 e. The van der Waals surface area contributed by atoms with E-state index in [0.29, 0.717) is 21.9 Å². The predicted molar refractivity (Wildman–Crippen MR) is 103 cm³/mol. The van der Waals surface area contributed by atoms with E-state index in [-0.39, 0.29) is 17.4 Å². The summed E-state index contributed by atoms with van der Waals surface area (Å²) in [6.07, 6.45) is 1.23. The first-order valence-electron chi connectivity index (χ1n) is 8.15. The van der Waals surface area contributed by atoms with Crippen LogP contribution in [-0.4, -0.2) is 27.6 Å². The number of benzene rings is 2. The van der Waals surface area contributed by atoms with Crippen molar-refractivity contribution in [2.24, 2.45) is 0 Å². The highest BCUT2D eigenvalue weighted by atomic mass is 35.5. The van der Waals surface area contributed by atoms with Gasteiger partial charge in [0.05, 0.1) is 13.3 Å². The minimum absolute atomic E-state index is 0.0142. The molecule has 2 heterocycles. The highest BCUT2D eigenvalue weighted by Crippen LogP contribution is 2.21. The second-order valence-corrected chi connectivity index (χ2v) is 6.20. The number of aromatic nitrogens is 3. The van der Waals surface area contributed by atoms with Crippen LogP contribution in [0.2, 0.25) is 5.02 Å². The third kappa shape index (κ3) is 3.33. The lowest BCUT2D eigenvalue weighted by Crippen LogP contribution is -2.23. The Morgan fingerprint density at radius 1 is 1.14 bits per heavy atom. The van der Waals surface area contributed by atoms with E-state index < -0.39 is 11.5 Å². The second kappa shape index (κ2) is 7.16. The topological polar surface area (TPSA) is 98.7 Å². The number of carbonyl (C=O) groups is 1. The van der Waals surface area contributed by atoms with Gasteiger partial charge in [-0.05, 0) is 48.5 Å². The average molecular weight is 397 g/mol. The van der Waals surface area contributed by atoms with Crippen LogP contribution in [0.1, 0.15) is 10.4 Å². The van der Waals surface area contributed by atoms with Gasteiger partial charge in [0.15, 0.2) is 0 Å². The van der Waals surface area contributed by atoms with E-state index in [2.05, 4.69) is 15.4 Å². The zero-order valence-electron chi connectivity index (χ0n) is 14.5. The first kappa shape index (κ1) is 17.7. The Labute approximate surface area is 163 Å². The molecule has 8 nitrogen and oxygen atoms in total. The van der Waals surface area contributed by atoms with Crippen LogP contribution < -0.4 is 15.6 Å². The van der Waals surface area contributed by atoms with Crippen molar-refractivity contribution in [2.45, 2.75) is 0 Å². The van der Waals surface area contributed by atoms with Gasteiger partial charge < -0.3 is 14.5 Å². The summed E-state index contributed by atoms with van der Waals surface area (Å²) in [5, 5.41) is 7.19. The van der Waals surface area contributed by atoms with Crippen LogP contribution in [0.3, 0.4) is 0 Å². The molecule has 0 fully saturated rings. The van der Waals surface area contributed by atoms with Gasteiger partial charge in [0.1, 0.15) is 11.4 Å². The lowest BCUT2D eigenvalue weighted by molar-refractivity contribution is 0.102. The Balaban J connectivity index is 1.65. The van der Waals surface area contributed by atoms with Crippen molar-refractivity contribution in [3.8, 4) is 17.2 Å². The number of nitrogens with zero attached hydrogens (tertiary/aromatic N) is 3. The number of carbonyl (C=O) groups excluding carboxylic acids is 1. The lowest BCUT2D eigenvalue weighted by Gasteiger charge is -2.03. The summed E-state index contributed by atoms with van der Waals surface area (Å²) in [6, 6.07) is 13.3. The quantitative estimate of drug-likeness (QED) is 0.568. The number of hydrogen-bond donors (Lipinski definition) is 1. The summed E-state index contributed by atoms with van der Waals surface area (Å²) in [5.74, 6) is 0.450. The van der Waals surface area contributed by atoms with Crippen LogP contribution in [0.25, 0.3) is 17.3 Å². The largest absolute Gasteiger partial charge is 0.497 e. The van der Waals surface area contributed by atoms with Crippen molar-refractivity contribution < 1.29 is 13.9 Å². The maximum absolute atomic E-state index is 12.6. The summed E-state index contributed by atoms with van der Waals surface area (Å²) in [5.41, 5.74) is 0.424. The van der Waals surface area contributed by atoms with Gasteiger partial charge in [-0.15, -0.1) is 9.61 Å². The standard InChI is InChI=1S/C19H13ClN4O4/c1-27-14-8-4-12(5-9-14)17-23-24-18(26)15(10-21-19(24)28-17)22-16(25)11-2-6-13(20)7-3-11/h2-10H,1H3,(H,22,25). The molecule has 0 aliphatic rings. The molecule has 0 atom stereocenters. The summed E-state index contributed by atoms with van der Waals surface area (Å²) < 4.78 is 11.6. The van der Waals surface area contributed by atoms with E-state index >= 15 is 0 Å². The Morgan fingerprint density at radius 2 is 1.86 bits per heavy atom. The van der Waals surface area contributed by atoms with E-state index in [9.17, 15) is 9.59 Å². The van der Waals surface area contributed by atoms with Crippen molar-refractivity contribution in [3.63, 3.8) is 0 Å². The van der Waals surface area contributed by atoms with Crippen molar-refractivity contribution in [2.75, 3.05) is 12.4 Å². The average Bonchev–Trinajstić information content (AvgIpc) is 3.16. The summed E-state index contributed by atoms with van der Waals surface area (Å²) >= 11 is 5.82. The smallest absolute Gasteiger partial charge is 0.328 e. The normalized spacial score (nSPS) is 10.8. The van der Waals surface area contributed by atoms with E-state index in [1.165, 1.54) is 6.20 Å². The highest BCUT2D eigenvalue weighted by Gasteiger charge is 2.15. The predicted octanol–water partition coefficient (Wildman–Crippen LogP) is 3.26. The van der Waals surface area contributed by atoms with E-state index in [4.69, 9.17) is 20.8 Å². The molecular formula is C19H13ClN4O4. The van der Waals surface area contributed by atoms with Gasteiger partial charge in [0, 0.05) is 16.1 Å². The molecule has 28 heavy (non-hydrogen) atoms. The molecule has 0 radical (unpaired) electrons. The van der Waals surface area contributed by atoms with Crippen molar-refractivity contribution >= 4 is 29.0 Å². The number of halogens is 1. The fourth-order valence-electron chi connectivity index (χ4n) is 2.52. The third-order valence-corrected chi connectivity index (χ3v) is 4.23. The van der Waals surface area contributed by atoms with Crippen LogP contribution in [0.5, 0.6) is 5.75 Å². The number of hydrogen-bond acceptors (Lipinski definition) is 6. The molecule has 1 N–H and O–H groups in total. The Morgan fingerprint density at radius 3 is 2.54 bits per heavy atom. The fraction of sp³-hybridized carbons (Fsp3) is 0.0526. The SMILES string of the molecule is COc1ccc(-c2nn3c(=O)c(NC(=O)c4ccc(Cl)cc4)cnc3o2)cc1. The van der Waals surface area contributed by atoms with E-state index in [1.807, 2.05) is 0 Å². The molecule has 0 bridgehead atoms. The summed E-state index contributed by atoms with van der Waals surface area (Å²) in [7, 11) is 1.57. The van der Waals surface area contributed by atoms with Crippen molar-refractivity contribution in [1.29, 1.82) is 0 Å². The molecule has 4 aromatic rings.